The molecular formula is C29H32ClFN2O2. The molecule has 0 aliphatic carbocycles. The summed E-state index contributed by atoms with van der Waals surface area (Å²) in [5.74, 6) is 0.875. The number of aromatic hydroxyl groups is 1. The fourth-order valence-corrected chi connectivity index (χ4v) is 5.00. The zero-order chi connectivity index (χ0) is 23.5. The van der Waals surface area contributed by atoms with Crippen molar-refractivity contribution in [2.45, 2.75) is 32.7 Å². The number of likely N-dealkylation sites (tertiary alicyclic amines) is 1. The molecule has 0 atom stereocenters. The summed E-state index contributed by atoms with van der Waals surface area (Å²) < 4.78 is 21.8. The lowest BCUT2D eigenvalue weighted by Crippen LogP contribution is -2.33. The van der Waals surface area contributed by atoms with Crippen molar-refractivity contribution in [2.24, 2.45) is 0 Å². The van der Waals surface area contributed by atoms with Crippen molar-refractivity contribution >= 4 is 23.3 Å². The predicted octanol–water partition coefficient (Wildman–Crippen LogP) is 6.80. The van der Waals surface area contributed by atoms with E-state index in [4.69, 9.17) is 4.74 Å². The number of nitrogens with zero attached hydrogens (tertiary/aromatic N) is 2. The zero-order valence-corrected chi connectivity index (χ0v) is 20.9. The molecule has 4 nitrogen and oxygen atoms in total. The second kappa shape index (κ2) is 11.1. The minimum absolute atomic E-state index is 0. The van der Waals surface area contributed by atoms with Crippen molar-refractivity contribution < 1.29 is 14.2 Å². The van der Waals surface area contributed by atoms with Gasteiger partial charge in [0.1, 0.15) is 23.9 Å². The predicted molar refractivity (Wildman–Crippen MR) is 142 cm³/mol. The summed E-state index contributed by atoms with van der Waals surface area (Å²) in [7, 11) is 0. The molecule has 0 unspecified atom stereocenters. The highest BCUT2D eigenvalue weighted by molar-refractivity contribution is 5.92. The van der Waals surface area contributed by atoms with E-state index in [-0.39, 0.29) is 24.0 Å². The molecule has 1 saturated heterocycles. The van der Waals surface area contributed by atoms with Gasteiger partial charge in [-0.1, -0.05) is 18.6 Å². The van der Waals surface area contributed by atoms with Gasteiger partial charge >= 0.3 is 0 Å². The molecule has 0 amide bonds. The Kier molecular flexibility index (Phi) is 7.99. The van der Waals surface area contributed by atoms with Gasteiger partial charge in [0, 0.05) is 24.0 Å². The number of phenols is 1. The molecule has 0 bridgehead atoms. The summed E-state index contributed by atoms with van der Waals surface area (Å²) in [6, 6.07) is 20.3. The maximum Gasteiger partial charge on any atom is 0.123 e. The van der Waals surface area contributed by atoms with Crippen LogP contribution in [-0.2, 0) is 6.54 Å². The lowest BCUT2D eigenvalue weighted by Gasteiger charge is -2.26. The second-order valence-corrected chi connectivity index (χ2v) is 9.16. The first-order valence-electron chi connectivity index (χ1n) is 12.1. The van der Waals surface area contributed by atoms with Gasteiger partial charge in [-0.3, -0.25) is 4.90 Å². The van der Waals surface area contributed by atoms with Crippen molar-refractivity contribution in [1.29, 1.82) is 0 Å². The van der Waals surface area contributed by atoms with E-state index >= 15 is 0 Å². The van der Waals surface area contributed by atoms with Crippen LogP contribution >= 0.6 is 12.4 Å². The molecule has 5 rings (SSSR count). The molecule has 6 heteroatoms. The Morgan fingerprint density at radius 1 is 0.914 bits per heavy atom. The molecule has 0 spiro atoms. The smallest absolute Gasteiger partial charge is 0.123 e. The Hall–Kier alpha value is -3.02. The monoisotopic (exact) mass is 494 g/mol. The Bertz CT molecular complexity index is 1260. The number of hydrogen-bond donors (Lipinski definition) is 1. The van der Waals surface area contributed by atoms with Crippen LogP contribution < -0.4 is 4.74 Å². The normalized spacial score (nSPS) is 14.1. The van der Waals surface area contributed by atoms with Gasteiger partial charge in [-0.2, -0.15) is 0 Å². The maximum atomic E-state index is 13.6. The van der Waals surface area contributed by atoms with Crippen LogP contribution in [0.15, 0.2) is 66.7 Å². The fraction of sp³-hybridized carbons (Fsp3) is 0.310. The van der Waals surface area contributed by atoms with Gasteiger partial charge in [0.15, 0.2) is 0 Å². The third kappa shape index (κ3) is 5.63. The maximum absolute atomic E-state index is 13.6. The topological polar surface area (TPSA) is 37.6 Å². The van der Waals surface area contributed by atoms with E-state index in [0.717, 1.165) is 45.6 Å². The molecule has 1 aliphatic rings. The zero-order valence-electron chi connectivity index (χ0n) is 20.0. The number of ether oxygens (including phenoxy) is 1. The van der Waals surface area contributed by atoms with Crippen LogP contribution in [0.5, 0.6) is 11.5 Å². The van der Waals surface area contributed by atoms with Crippen LogP contribution in [0, 0.1) is 12.7 Å². The van der Waals surface area contributed by atoms with Crippen LogP contribution in [0.4, 0.5) is 4.39 Å². The number of aromatic nitrogens is 1. The van der Waals surface area contributed by atoms with Gasteiger partial charge < -0.3 is 14.4 Å². The van der Waals surface area contributed by atoms with Crippen LogP contribution in [0.25, 0.3) is 22.2 Å². The third-order valence-electron chi connectivity index (χ3n) is 6.81. The molecule has 1 aromatic heterocycles. The first-order chi connectivity index (χ1) is 16.6. The number of piperidine rings is 1. The lowest BCUT2D eigenvalue weighted by atomic mass is 10.1. The summed E-state index contributed by atoms with van der Waals surface area (Å²) in [5, 5.41) is 11.1. The Morgan fingerprint density at radius 3 is 2.34 bits per heavy atom. The molecule has 35 heavy (non-hydrogen) atoms. The van der Waals surface area contributed by atoms with Gasteiger partial charge in [0.2, 0.25) is 0 Å². The molecule has 0 saturated carbocycles. The van der Waals surface area contributed by atoms with E-state index in [0.29, 0.717) is 13.2 Å². The van der Waals surface area contributed by atoms with Crippen LogP contribution in [0.3, 0.4) is 0 Å². The number of phenolic OH excluding ortho intramolecular Hbond substituents is 1. The highest BCUT2D eigenvalue weighted by Crippen LogP contribution is 2.35. The van der Waals surface area contributed by atoms with E-state index in [1.54, 1.807) is 12.1 Å². The lowest BCUT2D eigenvalue weighted by molar-refractivity contribution is 0.183. The van der Waals surface area contributed by atoms with E-state index in [1.807, 2.05) is 30.3 Å². The minimum Gasteiger partial charge on any atom is -0.508 e. The third-order valence-corrected chi connectivity index (χ3v) is 6.81. The Morgan fingerprint density at radius 2 is 1.63 bits per heavy atom. The Balaban J connectivity index is 0.00000289. The molecule has 4 aromatic rings. The average molecular weight is 495 g/mol. The van der Waals surface area contributed by atoms with E-state index in [9.17, 15) is 9.50 Å². The van der Waals surface area contributed by atoms with Crippen LogP contribution in [0.1, 0.15) is 30.4 Å². The number of halogens is 2. The molecule has 1 aliphatic heterocycles. The first kappa shape index (κ1) is 25.1. The molecule has 1 N–H and O–H groups in total. The first-order valence-corrected chi connectivity index (χ1v) is 12.1. The van der Waals surface area contributed by atoms with E-state index < -0.39 is 0 Å². The Labute approximate surface area is 212 Å². The van der Waals surface area contributed by atoms with Crippen molar-refractivity contribution in [3.63, 3.8) is 0 Å². The summed E-state index contributed by atoms with van der Waals surface area (Å²) in [5.41, 5.74) is 5.23. The molecule has 184 valence electrons. The summed E-state index contributed by atoms with van der Waals surface area (Å²) in [4.78, 5) is 2.48. The number of aryl methyl sites for hydroxylation is 1. The van der Waals surface area contributed by atoms with Gasteiger partial charge in [-0.25, -0.2) is 4.39 Å². The highest BCUT2D eigenvalue weighted by Gasteiger charge is 2.17. The number of benzene rings is 3. The van der Waals surface area contributed by atoms with Crippen molar-refractivity contribution in [3.05, 3.63) is 83.7 Å². The second-order valence-electron chi connectivity index (χ2n) is 9.16. The molecule has 2 heterocycles. The largest absolute Gasteiger partial charge is 0.508 e. The molecule has 0 radical (unpaired) electrons. The van der Waals surface area contributed by atoms with Crippen molar-refractivity contribution in [1.82, 2.24) is 9.47 Å². The fourth-order valence-electron chi connectivity index (χ4n) is 5.00. The van der Waals surface area contributed by atoms with Crippen molar-refractivity contribution in [2.75, 3.05) is 26.2 Å². The average Bonchev–Trinajstić information content (AvgIpc) is 3.12. The summed E-state index contributed by atoms with van der Waals surface area (Å²) in [6.07, 6.45) is 3.93. The summed E-state index contributed by atoms with van der Waals surface area (Å²) >= 11 is 0. The van der Waals surface area contributed by atoms with Crippen LogP contribution in [-0.4, -0.2) is 40.8 Å². The molecule has 1 fully saturated rings. The molecule has 3 aromatic carbocycles. The van der Waals surface area contributed by atoms with Gasteiger partial charge in [0.25, 0.3) is 0 Å². The summed E-state index contributed by atoms with van der Waals surface area (Å²) in [6.45, 7) is 6.76. The highest BCUT2D eigenvalue weighted by atomic mass is 35.5. The SMILES string of the molecule is Cc1c(-c2ccc(F)cc2)n(Cc2ccc(OCCN3CCCCC3)cc2)c2ccc(O)cc12.Cl. The van der Waals surface area contributed by atoms with Crippen molar-refractivity contribution in [3.8, 4) is 22.8 Å². The standard InChI is InChI=1S/C29H31FN2O2.ClH/c1-21-27-19-25(33)11-14-28(27)32(29(21)23-7-9-24(30)10-8-23)20-22-5-12-26(13-6-22)34-18-17-31-15-3-2-4-16-31;/h5-14,19,33H,2-4,15-18,20H2,1H3;1H. The van der Waals surface area contributed by atoms with Gasteiger partial charge in [-0.05, 0) is 104 Å². The number of fused-ring (bicyclic) bond motifs is 1. The number of hydrogen-bond acceptors (Lipinski definition) is 3. The quantitative estimate of drug-likeness (QED) is 0.307. The minimum atomic E-state index is -0.252. The van der Waals surface area contributed by atoms with Crippen LogP contribution in [0.2, 0.25) is 0 Å². The molecular weight excluding hydrogens is 463 g/mol. The number of rotatable bonds is 7. The van der Waals surface area contributed by atoms with E-state index in [2.05, 4.69) is 28.5 Å². The van der Waals surface area contributed by atoms with E-state index in [1.165, 1.54) is 44.5 Å². The van der Waals surface area contributed by atoms with Gasteiger partial charge in [-0.15, -0.1) is 12.4 Å². The van der Waals surface area contributed by atoms with Gasteiger partial charge in [0.05, 0.1) is 5.69 Å².